The fourth-order valence-electron chi connectivity index (χ4n) is 1.58. The van der Waals surface area contributed by atoms with Crippen molar-refractivity contribution in [3.8, 4) is 0 Å². The first-order valence-corrected chi connectivity index (χ1v) is 6.50. The van der Waals surface area contributed by atoms with Crippen LogP contribution in [-0.2, 0) is 14.3 Å². The highest BCUT2D eigenvalue weighted by atomic mass is 16.5. The Morgan fingerprint density at radius 2 is 1.60 bits per heavy atom. The van der Waals surface area contributed by atoms with E-state index in [2.05, 4.69) is 5.32 Å². The van der Waals surface area contributed by atoms with Gasteiger partial charge in [0.15, 0.2) is 0 Å². The number of rotatable bonds is 8. The Morgan fingerprint density at radius 3 is 1.90 bits per heavy atom. The first kappa shape index (κ1) is 18.7. The molecule has 7 heteroatoms. The predicted molar refractivity (Wildman–Crippen MR) is 74.7 cm³/mol. The number of nitrogens with one attached hydrogen (secondary N) is 1. The third kappa shape index (κ3) is 6.72. The molecular formula is C13H26N2O5. The second-order valence-corrected chi connectivity index (χ2v) is 5.56. The number of carboxylic acid groups (broad SMARTS) is 1. The van der Waals surface area contributed by atoms with Crippen molar-refractivity contribution in [3.63, 3.8) is 0 Å². The predicted octanol–water partition coefficient (Wildman–Crippen LogP) is 0.790. The molecule has 0 rings (SSSR count). The number of carbonyl (C=O) groups excluding carboxylic acids is 1. The fourth-order valence-corrected chi connectivity index (χ4v) is 1.58. The summed E-state index contributed by atoms with van der Waals surface area (Å²) in [5, 5.41) is 11.8. The summed E-state index contributed by atoms with van der Waals surface area (Å²) in [6, 6.07) is -1.39. The van der Waals surface area contributed by atoms with E-state index in [4.69, 9.17) is 9.47 Å². The molecule has 0 aromatic carbocycles. The van der Waals surface area contributed by atoms with Crippen molar-refractivity contribution in [3.05, 3.63) is 0 Å². The largest absolute Gasteiger partial charge is 0.480 e. The van der Waals surface area contributed by atoms with Crippen LogP contribution in [0.2, 0.25) is 0 Å². The highest BCUT2D eigenvalue weighted by Gasteiger charge is 2.33. The number of methoxy groups -OCH3 is 2. The lowest BCUT2D eigenvalue weighted by atomic mass is 9.87. The number of nitrogens with zero attached hydrogens (tertiary/aromatic N) is 1. The van der Waals surface area contributed by atoms with Crippen LogP contribution >= 0.6 is 0 Å². The lowest BCUT2D eigenvalue weighted by Gasteiger charge is -2.31. The van der Waals surface area contributed by atoms with Gasteiger partial charge in [0.05, 0.1) is 13.2 Å². The summed E-state index contributed by atoms with van der Waals surface area (Å²) in [6.45, 7) is 6.81. The quantitative estimate of drug-likeness (QED) is 0.690. The Hall–Kier alpha value is -1.34. The molecule has 0 bridgehead atoms. The standard InChI is InChI=1S/C13H26N2O5/c1-13(2,3)10(11(16)17)14-12(18)15(6-8-19-4)7-9-20-5/h10H,6-9H2,1-5H3,(H,14,18)(H,16,17)/t10-/m1/s1. The molecule has 0 heterocycles. The molecule has 2 amide bonds. The maximum absolute atomic E-state index is 12.2. The minimum absolute atomic E-state index is 0.377. The molecule has 0 radical (unpaired) electrons. The van der Waals surface area contributed by atoms with Crippen LogP contribution in [0.5, 0.6) is 0 Å². The van der Waals surface area contributed by atoms with Gasteiger partial charge in [-0.15, -0.1) is 0 Å². The number of carbonyl (C=O) groups is 2. The smallest absolute Gasteiger partial charge is 0.326 e. The van der Waals surface area contributed by atoms with Gasteiger partial charge in [-0.1, -0.05) is 20.8 Å². The molecule has 0 aromatic heterocycles. The molecule has 0 aliphatic heterocycles. The van der Waals surface area contributed by atoms with E-state index in [1.807, 2.05) is 0 Å². The number of amides is 2. The van der Waals surface area contributed by atoms with E-state index in [1.54, 1.807) is 35.0 Å². The summed E-state index contributed by atoms with van der Waals surface area (Å²) in [4.78, 5) is 24.9. The van der Waals surface area contributed by atoms with Crippen LogP contribution in [-0.4, -0.2) is 68.6 Å². The second-order valence-electron chi connectivity index (χ2n) is 5.56. The first-order valence-electron chi connectivity index (χ1n) is 6.50. The molecule has 7 nitrogen and oxygen atoms in total. The van der Waals surface area contributed by atoms with Crippen LogP contribution in [0.4, 0.5) is 4.79 Å². The molecule has 0 aromatic rings. The molecule has 0 aliphatic carbocycles. The van der Waals surface area contributed by atoms with Gasteiger partial charge in [0, 0.05) is 27.3 Å². The van der Waals surface area contributed by atoms with Gasteiger partial charge in [0.2, 0.25) is 0 Å². The third-order valence-electron chi connectivity index (χ3n) is 2.80. The normalized spacial score (nSPS) is 12.8. The minimum atomic E-state index is -1.05. The molecular weight excluding hydrogens is 264 g/mol. The average molecular weight is 290 g/mol. The zero-order valence-electron chi connectivity index (χ0n) is 12.9. The van der Waals surface area contributed by atoms with Crippen LogP contribution in [0.1, 0.15) is 20.8 Å². The monoisotopic (exact) mass is 290 g/mol. The van der Waals surface area contributed by atoms with Crippen LogP contribution in [0.3, 0.4) is 0 Å². The minimum Gasteiger partial charge on any atom is -0.480 e. The highest BCUT2D eigenvalue weighted by molar-refractivity contribution is 5.83. The van der Waals surface area contributed by atoms with Gasteiger partial charge in [-0.3, -0.25) is 0 Å². The van der Waals surface area contributed by atoms with Gasteiger partial charge in [-0.05, 0) is 5.41 Å². The third-order valence-corrected chi connectivity index (χ3v) is 2.80. The van der Waals surface area contributed by atoms with Gasteiger partial charge >= 0.3 is 12.0 Å². The Kier molecular flexibility index (Phi) is 8.17. The van der Waals surface area contributed by atoms with E-state index in [9.17, 15) is 14.7 Å². The zero-order chi connectivity index (χ0) is 15.8. The number of hydrogen-bond acceptors (Lipinski definition) is 4. The summed E-state index contributed by atoms with van der Waals surface area (Å²) in [5.74, 6) is -1.05. The van der Waals surface area contributed by atoms with Crippen molar-refractivity contribution in [1.29, 1.82) is 0 Å². The van der Waals surface area contributed by atoms with E-state index in [0.717, 1.165) is 0 Å². The summed E-state index contributed by atoms with van der Waals surface area (Å²) in [6.07, 6.45) is 0. The number of urea groups is 1. The van der Waals surface area contributed by atoms with E-state index >= 15 is 0 Å². The van der Waals surface area contributed by atoms with E-state index in [-0.39, 0.29) is 0 Å². The van der Waals surface area contributed by atoms with Crippen LogP contribution in [0.15, 0.2) is 0 Å². The number of aliphatic carboxylic acids is 1. The molecule has 1 atom stereocenters. The van der Waals surface area contributed by atoms with E-state index in [1.165, 1.54) is 4.90 Å². The Bertz CT molecular complexity index is 306. The lowest BCUT2D eigenvalue weighted by Crippen LogP contribution is -2.54. The number of hydrogen-bond donors (Lipinski definition) is 2. The van der Waals surface area contributed by atoms with Crippen molar-refractivity contribution < 1.29 is 24.2 Å². The molecule has 0 aliphatic rings. The van der Waals surface area contributed by atoms with Crippen molar-refractivity contribution in [1.82, 2.24) is 10.2 Å². The molecule has 0 saturated carbocycles. The topological polar surface area (TPSA) is 88.1 Å². The number of ether oxygens (including phenoxy) is 2. The maximum atomic E-state index is 12.2. The molecule has 2 N–H and O–H groups in total. The highest BCUT2D eigenvalue weighted by Crippen LogP contribution is 2.19. The molecule has 0 saturated heterocycles. The van der Waals surface area contributed by atoms with E-state index in [0.29, 0.717) is 26.3 Å². The first-order chi connectivity index (χ1) is 9.23. The Morgan fingerprint density at radius 1 is 1.15 bits per heavy atom. The van der Waals surface area contributed by atoms with Crippen LogP contribution in [0.25, 0.3) is 0 Å². The van der Waals surface area contributed by atoms with Crippen LogP contribution in [0, 0.1) is 5.41 Å². The van der Waals surface area contributed by atoms with Gasteiger partial charge in [0.25, 0.3) is 0 Å². The fraction of sp³-hybridized carbons (Fsp3) is 0.846. The maximum Gasteiger partial charge on any atom is 0.326 e. The van der Waals surface area contributed by atoms with Gasteiger partial charge in [0.1, 0.15) is 6.04 Å². The molecule has 0 fully saturated rings. The van der Waals surface area contributed by atoms with Crippen molar-refractivity contribution in [2.75, 3.05) is 40.5 Å². The lowest BCUT2D eigenvalue weighted by molar-refractivity contribution is -0.142. The Labute approximate surface area is 120 Å². The zero-order valence-corrected chi connectivity index (χ0v) is 12.9. The molecule has 20 heavy (non-hydrogen) atoms. The number of carboxylic acids is 1. The summed E-state index contributed by atoms with van der Waals surface area (Å²) in [7, 11) is 3.09. The average Bonchev–Trinajstić information content (AvgIpc) is 2.34. The summed E-state index contributed by atoms with van der Waals surface area (Å²) in [5.41, 5.74) is -0.574. The molecule has 0 spiro atoms. The van der Waals surface area contributed by atoms with Crippen LogP contribution < -0.4 is 5.32 Å². The van der Waals surface area contributed by atoms with Crippen molar-refractivity contribution in [2.45, 2.75) is 26.8 Å². The Balaban J connectivity index is 4.73. The SMILES string of the molecule is COCCN(CCOC)C(=O)N[C@H](C(=O)O)C(C)(C)C. The molecule has 118 valence electrons. The second kappa shape index (κ2) is 8.76. The summed E-state index contributed by atoms with van der Waals surface area (Å²) < 4.78 is 9.89. The molecule has 0 unspecified atom stereocenters. The van der Waals surface area contributed by atoms with Gasteiger partial charge in [-0.25, -0.2) is 9.59 Å². The summed E-state index contributed by atoms with van der Waals surface area (Å²) >= 11 is 0. The van der Waals surface area contributed by atoms with E-state index < -0.39 is 23.5 Å². The van der Waals surface area contributed by atoms with Gasteiger partial charge in [-0.2, -0.15) is 0 Å². The van der Waals surface area contributed by atoms with Gasteiger partial charge < -0.3 is 24.8 Å². The van der Waals surface area contributed by atoms with Crippen molar-refractivity contribution in [2.24, 2.45) is 5.41 Å². The van der Waals surface area contributed by atoms with Crippen molar-refractivity contribution >= 4 is 12.0 Å².